The van der Waals surface area contributed by atoms with E-state index in [1.54, 1.807) is 0 Å². The zero-order valence-corrected chi connectivity index (χ0v) is 17.3. The highest BCUT2D eigenvalue weighted by molar-refractivity contribution is 6.33. The summed E-state index contributed by atoms with van der Waals surface area (Å²) in [7, 11) is 6.22. The number of hydrogen-bond donors (Lipinski definition) is 0. The standard InChI is InChI=1S/C22H28ClN3/c1-15-13-22(2,3)26(6)21-12-20(23)16(11-19(15)21)14-24-17-7-9-18(10-8-17)25(4)5/h7-12,14-15H,13H2,1-6H3/t15-/m0/s1. The Bertz CT molecular complexity index is 822. The third-order valence-corrected chi connectivity index (χ3v) is 5.80. The topological polar surface area (TPSA) is 18.8 Å². The predicted molar refractivity (Wildman–Crippen MR) is 115 cm³/mol. The second kappa shape index (κ2) is 6.96. The van der Waals surface area contributed by atoms with Crippen LogP contribution in [0.4, 0.5) is 17.1 Å². The van der Waals surface area contributed by atoms with E-state index in [0.29, 0.717) is 5.92 Å². The Morgan fingerprint density at radius 3 is 2.46 bits per heavy atom. The van der Waals surface area contributed by atoms with Crippen LogP contribution in [0.25, 0.3) is 0 Å². The quantitative estimate of drug-likeness (QED) is 0.629. The molecule has 0 spiro atoms. The molecule has 0 saturated carbocycles. The molecule has 2 aromatic rings. The predicted octanol–water partition coefficient (Wildman–Crippen LogP) is 5.88. The van der Waals surface area contributed by atoms with Crippen LogP contribution in [0.2, 0.25) is 5.02 Å². The smallest absolute Gasteiger partial charge is 0.0631 e. The Kier molecular flexibility index (Phi) is 5.03. The van der Waals surface area contributed by atoms with Gasteiger partial charge in [-0.3, -0.25) is 4.99 Å². The number of aliphatic imine (C=N–C) groups is 1. The number of benzene rings is 2. The molecule has 0 aliphatic carbocycles. The molecule has 0 saturated heterocycles. The van der Waals surface area contributed by atoms with Gasteiger partial charge in [-0.1, -0.05) is 18.5 Å². The number of halogens is 1. The molecule has 1 heterocycles. The van der Waals surface area contributed by atoms with E-state index in [1.165, 1.54) is 11.3 Å². The zero-order valence-electron chi connectivity index (χ0n) is 16.5. The molecular formula is C22H28ClN3. The average molecular weight is 370 g/mol. The summed E-state index contributed by atoms with van der Waals surface area (Å²) < 4.78 is 0. The van der Waals surface area contributed by atoms with Crippen LogP contribution in [0.5, 0.6) is 0 Å². The normalized spacial score (nSPS) is 18.9. The van der Waals surface area contributed by atoms with Gasteiger partial charge >= 0.3 is 0 Å². The van der Waals surface area contributed by atoms with Gasteiger partial charge in [0.25, 0.3) is 0 Å². The molecule has 4 heteroatoms. The monoisotopic (exact) mass is 369 g/mol. The lowest BCUT2D eigenvalue weighted by Crippen LogP contribution is -2.45. The maximum absolute atomic E-state index is 6.58. The molecule has 3 nitrogen and oxygen atoms in total. The van der Waals surface area contributed by atoms with Crippen molar-refractivity contribution in [3.63, 3.8) is 0 Å². The Morgan fingerprint density at radius 2 is 1.85 bits per heavy atom. The van der Waals surface area contributed by atoms with E-state index in [9.17, 15) is 0 Å². The van der Waals surface area contributed by atoms with Crippen LogP contribution >= 0.6 is 11.6 Å². The van der Waals surface area contributed by atoms with Gasteiger partial charge in [-0.15, -0.1) is 0 Å². The first kappa shape index (κ1) is 18.8. The summed E-state index contributed by atoms with van der Waals surface area (Å²) in [6.45, 7) is 6.86. The molecule has 0 fully saturated rings. The lowest BCUT2D eigenvalue weighted by molar-refractivity contribution is 0.395. The van der Waals surface area contributed by atoms with Crippen LogP contribution in [0.15, 0.2) is 41.4 Å². The maximum Gasteiger partial charge on any atom is 0.0631 e. The maximum atomic E-state index is 6.58. The van der Waals surface area contributed by atoms with Crippen LogP contribution in [0, 0.1) is 0 Å². The number of fused-ring (bicyclic) bond motifs is 1. The van der Waals surface area contributed by atoms with E-state index in [0.717, 1.165) is 28.4 Å². The van der Waals surface area contributed by atoms with Crippen molar-refractivity contribution in [1.29, 1.82) is 0 Å². The molecule has 26 heavy (non-hydrogen) atoms. The molecular weight excluding hydrogens is 342 g/mol. The summed E-state index contributed by atoms with van der Waals surface area (Å²) >= 11 is 6.58. The molecule has 0 bridgehead atoms. The third kappa shape index (κ3) is 3.59. The van der Waals surface area contributed by atoms with Crippen molar-refractivity contribution in [2.45, 2.75) is 38.6 Å². The van der Waals surface area contributed by atoms with Gasteiger partial charge in [-0.05, 0) is 68.1 Å². The van der Waals surface area contributed by atoms with Crippen molar-refractivity contribution in [2.24, 2.45) is 4.99 Å². The highest BCUT2D eigenvalue weighted by Gasteiger charge is 2.34. The summed E-state index contributed by atoms with van der Waals surface area (Å²) in [5.41, 5.74) is 5.78. The second-order valence-corrected chi connectivity index (χ2v) is 8.49. The molecule has 0 radical (unpaired) electrons. The van der Waals surface area contributed by atoms with E-state index in [-0.39, 0.29) is 5.54 Å². The lowest BCUT2D eigenvalue weighted by Gasteiger charge is -2.45. The van der Waals surface area contributed by atoms with Crippen LogP contribution in [0.1, 0.15) is 44.2 Å². The molecule has 2 aromatic carbocycles. The number of hydrogen-bond acceptors (Lipinski definition) is 3. The summed E-state index contributed by atoms with van der Waals surface area (Å²) in [5.74, 6) is 0.500. The fraction of sp³-hybridized carbons (Fsp3) is 0.409. The fourth-order valence-corrected chi connectivity index (χ4v) is 3.89. The van der Waals surface area contributed by atoms with Gasteiger partial charge in [0, 0.05) is 49.8 Å². The van der Waals surface area contributed by atoms with Crippen LogP contribution in [-0.2, 0) is 0 Å². The molecule has 1 aliphatic heterocycles. The minimum Gasteiger partial charge on any atom is -0.378 e. The minimum atomic E-state index is 0.138. The largest absolute Gasteiger partial charge is 0.378 e. The van der Waals surface area contributed by atoms with Crippen LogP contribution in [0.3, 0.4) is 0 Å². The van der Waals surface area contributed by atoms with Gasteiger partial charge in [0.05, 0.1) is 10.7 Å². The Labute approximate surface area is 162 Å². The first-order valence-corrected chi connectivity index (χ1v) is 9.45. The fourth-order valence-electron chi connectivity index (χ4n) is 3.68. The zero-order chi connectivity index (χ0) is 19.1. The number of nitrogens with zero attached hydrogens (tertiary/aromatic N) is 3. The van der Waals surface area contributed by atoms with Crippen molar-refractivity contribution in [3.8, 4) is 0 Å². The summed E-state index contributed by atoms with van der Waals surface area (Å²) in [6.07, 6.45) is 3.00. The average Bonchev–Trinajstić information content (AvgIpc) is 2.58. The molecule has 0 N–H and O–H groups in total. The summed E-state index contributed by atoms with van der Waals surface area (Å²) in [4.78, 5) is 9.04. The van der Waals surface area contributed by atoms with Crippen molar-refractivity contribution in [2.75, 3.05) is 30.9 Å². The van der Waals surface area contributed by atoms with Crippen molar-refractivity contribution >= 4 is 34.9 Å². The van der Waals surface area contributed by atoms with Gasteiger partial charge in [0.15, 0.2) is 0 Å². The Hall–Kier alpha value is -2.00. The van der Waals surface area contributed by atoms with Gasteiger partial charge in [0.1, 0.15) is 0 Å². The van der Waals surface area contributed by atoms with E-state index >= 15 is 0 Å². The van der Waals surface area contributed by atoms with Crippen molar-refractivity contribution in [3.05, 3.63) is 52.5 Å². The highest BCUT2D eigenvalue weighted by Crippen LogP contribution is 2.44. The van der Waals surface area contributed by atoms with E-state index in [4.69, 9.17) is 11.6 Å². The Balaban J connectivity index is 1.91. The van der Waals surface area contributed by atoms with Crippen LogP contribution < -0.4 is 9.80 Å². The molecule has 138 valence electrons. The van der Waals surface area contributed by atoms with E-state index in [1.807, 2.05) is 32.4 Å². The van der Waals surface area contributed by atoms with Gasteiger partial charge in [-0.25, -0.2) is 0 Å². The first-order chi connectivity index (χ1) is 12.2. The van der Waals surface area contributed by atoms with Gasteiger partial charge in [-0.2, -0.15) is 0 Å². The summed E-state index contributed by atoms with van der Waals surface area (Å²) in [5, 5.41) is 0.745. The summed E-state index contributed by atoms with van der Waals surface area (Å²) in [6, 6.07) is 12.5. The Morgan fingerprint density at radius 1 is 1.19 bits per heavy atom. The lowest BCUT2D eigenvalue weighted by atomic mass is 9.80. The van der Waals surface area contributed by atoms with Crippen molar-refractivity contribution < 1.29 is 0 Å². The SMILES string of the molecule is C[C@H]1CC(C)(C)N(C)c2cc(Cl)c(C=Nc3ccc(N(C)C)cc3)cc21. The van der Waals surface area contributed by atoms with E-state index in [2.05, 4.69) is 66.9 Å². The second-order valence-electron chi connectivity index (χ2n) is 8.08. The number of rotatable bonds is 3. The van der Waals surface area contributed by atoms with Crippen LogP contribution in [-0.4, -0.2) is 32.9 Å². The molecule has 3 rings (SSSR count). The molecule has 0 aromatic heterocycles. The van der Waals surface area contributed by atoms with Crippen molar-refractivity contribution in [1.82, 2.24) is 0 Å². The third-order valence-electron chi connectivity index (χ3n) is 5.47. The van der Waals surface area contributed by atoms with Gasteiger partial charge < -0.3 is 9.80 Å². The molecule has 0 amide bonds. The molecule has 1 aliphatic rings. The molecule has 1 atom stereocenters. The van der Waals surface area contributed by atoms with E-state index < -0.39 is 0 Å². The highest BCUT2D eigenvalue weighted by atomic mass is 35.5. The van der Waals surface area contributed by atoms with Gasteiger partial charge in [0.2, 0.25) is 0 Å². The molecule has 0 unspecified atom stereocenters. The number of anilines is 2. The first-order valence-electron chi connectivity index (χ1n) is 9.08. The minimum absolute atomic E-state index is 0.138.